The topological polar surface area (TPSA) is 58.9 Å². The summed E-state index contributed by atoms with van der Waals surface area (Å²) in [7, 11) is 0. The summed E-state index contributed by atoms with van der Waals surface area (Å²) in [5.41, 5.74) is 0. The SMILES string of the molecule is CCCCn1nnnc1CN1CCNCC1C. The van der Waals surface area contributed by atoms with Crippen molar-refractivity contribution in [1.29, 1.82) is 0 Å². The Balaban J connectivity index is 1.95. The molecule has 1 aliphatic rings. The molecule has 1 saturated heterocycles. The van der Waals surface area contributed by atoms with Crippen molar-refractivity contribution in [3.63, 3.8) is 0 Å². The fraction of sp³-hybridized carbons (Fsp3) is 0.909. The second-order valence-electron chi connectivity index (χ2n) is 4.70. The van der Waals surface area contributed by atoms with E-state index >= 15 is 0 Å². The number of hydrogen-bond acceptors (Lipinski definition) is 5. The van der Waals surface area contributed by atoms with Gasteiger partial charge in [0.2, 0.25) is 0 Å². The van der Waals surface area contributed by atoms with Crippen LogP contribution in [-0.4, -0.2) is 50.8 Å². The smallest absolute Gasteiger partial charge is 0.165 e. The number of aryl methyl sites for hydroxylation is 1. The second kappa shape index (κ2) is 6.07. The molecule has 0 radical (unpaired) electrons. The Morgan fingerprint density at radius 3 is 3.12 bits per heavy atom. The Bertz CT molecular complexity index is 336. The van der Waals surface area contributed by atoms with Crippen molar-refractivity contribution in [2.75, 3.05) is 19.6 Å². The van der Waals surface area contributed by atoms with Crippen molar-refractivity contribution in [2.24, 2.45) is 0 Å². The first kappa shape index (κ1) is 12.4. The molecule has 6 heteroatoms. The lowest BCUT2D eigenvalue weighted by Gasteiger charge is -2.33. The minimum Gasteiger partial charge on any atom is -0.314 e. The summed E-state index contributed by atoms with van der Waals surface area (Å²) in [6.07, 6.45) is 2.30. The predicted octanol–water partition coefficient (Wildman–Crippen LogP) is 0.267. The van der Waals surface area contributed by atoms with Crippen molar-refractivity contribution < 1.29 is 0 Å². The molecule has 0 saturated carbocycles. The summed E-state index contributed by atoms with van der Waals surface area (Å²) in [5.74, 6) is 0.993. The van der Waals surface area contributed by atoms with Crippen LogP contribution >= 0.6 is 0 Å². The average molecular weight is 238 g/mol. The van der Waals surface area contributed by atoms with E-state index in [9.17, 15) is 0 Å². The highest BCUT2D eigenvalue weighted by Gasteiger charge is 2.20. The Morgan fingerprint density at radius 1 is 1.47 bits per heavy atom. The fourth-order valence-corrected chi connectivity index (χ4v) is 2.12. The number of nitrogens with zero attached hydrogens (tertiary/aromatic N) is 5. The molecular weight excluding hydrogens is 216 g/mol. The average Bonchev–Trinajstić information content (AvgIpc) is 2.77. The van der Waals surface area contributed by atoms with Gasteiger partial charge in [-0.3, -0.25) is 4.90 Å². The van der Waals surface area contributed by atoms with E-state index in [0.717, 1.165) is 45.0 Å². The van der Waals surface area contributed by atoms with E-state index in [1.165, 1.54) is 6.42 Å². The Morgan fingerprint density at radius 2 is 2.35 bits per heavy atom. The lowest BCUT2D eigenvalue weighted by molar-refractivity contribution is 0.159. The van der Waals surface area contributed by atoms with E-state index in [4.69, 9.17) is 0 Å². The Hall–Kier alpha value is -1.01. The van der Waals surface area contributed by atoms with Crippen LogP contribution in [0.15, 0.2) is 0 Å². The first-order chi connectivity index (χ1) is 8.31. The number of rotatable bonds is 5. The van der Waals surface area contributed by atoms with Gasteiger partial charge in [-0.1, -0.05) is 13.3 Å². The van der Waals surface area contributed by atoms with Gasteiger partial charge in [-0.2, -0.15) is 0 Å². The van der Waals surface area contributed by atoms with Crippen LogP contribution < -0.4 is 5.32 Å². The van der Waals surface area contributed by atoms with Crippen molar-refractivity contribution in [3.8, 4) is 0 Å². The highest BCUT2D eigenvalue weighted by Crippen LogP contribution is 2.08. The maximum atomic E-state index is 4.14. The minimum atomic E-state index is 0.556. The molecule has 0 aromatic carbocycles. The monoisotopic (exact) mass is 238 g/mol. The number of hydrogen-bond donors (Lipinski definition) is 1. The molecule has 96 valence electrons. The molecule has 0 aliphatic carbocycles. The zero-order valence-corrected chi connectivity index (χ0v) is 10.8. The van der Waals surface area contributed by atoms with Gasteiger partial charge in [0, 0.05) is 32.2 Å². The molecule has 6 nitrogen and oxygen atoms in total. The quantitative estimate of drug-likeness (QED) is 0.798. The van der Waals surface area contributed by atoms with Gasteiger partial charge in [0.25, 0.3) is 0 Å². The molecule has 2 rings (SSSR count). The molecule has 2 heterocycles. The highest BCUT2D eigenvalue weighted by molar-refractivity contribution is 4.85. The maximum Gasteiger partial charge on any atom is 0.165 e. The fourth-order valence-electron chi connectivity index (χ4n) is 2.12. The van der Waals surface area contributed by atoms with E-state index in [2.05, 4.69) is 39.6 Å². The van der Waals surface area contributed by atoms with Gasteiger partial charge in [-0.05, 0) is 23.8 Å². The second-order valence-corrected chi connectivity index (χ2v) is 4.70. The largest absolute Gasteiger partial charge is 0.314 e. The van der Waals surface area contributed by atoms with Crippen molar-refractivity contribution in [2.45, 2.75) is 45.8 Å². The normalized spacial score (nSPS) is 21.9. The summed E-state index contributed by atoms with van der Waals surface area (Å²) in [6, 6.07) is 0.556. The third-order valence-electron chi connectivity index (χ3n) is 3.31. The van der Waals surface area contributed by atoms with Crippen LogP contribution in [0, 0.1) is 0 Å². The van der Waals surface area contributed by atoms with E-state index in [-0.39, 0.29) is 0 Å². The summed E-state index contributed by atoms with van der Waals surface area (Å²) in [6.45, 7) is 9.40. The molecule has 1 N–H and O–H groups in total. The predicted molar refractivity (Wildman–Crippen MR) is 65.5 cm³/mol. The molecular formula is C11H22N6. The third kappa shape index (κ3) is 3.23. The van der Waals surface area contributed by atoms with Gasteiger partial charge < -0.3 is 5.32 Å². The lowest BCUT2D eigenvalue weighted by Crippen LogP contribution is -2.49. The Labute approximate surface area is 102 Å². The van der Waals surface area contributed by atoms with E-state index in [1.807, 2.05) is 4.68 Å². The van der Waals surface area contributed by atoms with Gasteiger partial charge in [-0.15, -0.1) is 5.10 Å². The molecule has 0 spiro atoms. The van der Waals surface area contributed by atoms with Crippen LogP contribution in [0.2, 0.25) is 0 Å². The Kier molecular flexibility index (Phi) is 4.44. The lowest BCUT2D eigenvalue weighted by atomic mass is 10.2. The van der Waals surface area contributed by atoms with Gasteiger partial charge in [0.1, 0.15) is 0 Å². The molecule has 1 atom stereocenters. The van der Waals surface area contributed by atoms with Crippen LogP contribution in [0.25, 0.3) is 0 Å². The molecule has 1 unspecified atom stereocenters. The van der Waals surface area contributed by atoms with Crippen LogP contribution in [0.5, 0.6) is 0 Å². The molecule has 1 aromatic rings. The molecule has 0 amide bonds. The van der Waals surface area contributed by atoms with E-state index in [0.29, 0.717) is 6.04 Å². The first-order valence-electron chi connectivity index (χ1n) is 6.51. The molecule has 17 heavy (non-hydrogen) atoms. The van der Waals surface area contributed by atoms with E-state index < -0.39 is 0 Å². The van der Waals surface area contributed by atoms with Crippen molar-refractivity contribution >= 4 is 0 Å². The van der Waals surface area contributed by atoms with Gasteiger partial charge in [0.05, 0.1) is 6.54 Å². The van der Waals surface area contributed by atoms with Crippen molar-refractivity contribution in [1.82, 2.24) is 30.4 Å². The summed E-state index contributed by atoms with van der Waals surface area (Å²) >= 11 is 0. The number of nitrogens with one attached hydrogen (secondary N) is 1. The molecule has 0 bridgehead atoms. The summed E-state index contributed by atoms with van der Waals surface area (Å²) < 4.78 is 1.94. The zero-order chi connectivity index (χ0) is 12.1. The van der Waals surface area contributed by atoms with E-state index in [1.54, 1.807) is 0 Å². The molecule has 1 aromatic heterocycles. The number of aromatic nitrogens is 4. The van der Waals surface area contributed by atoms with Crippen LogP contribution in [-0.2, 0) is 13.1 Å². The maximum absolute atomic E-state index is 4.14. The summed E-state index contributed by atoms with van der Waals surface area (Å²) in [5, 5.41) is 15.4. The molecule has 1 fully saturated rings. The standard InChI is InChI=1S/C11H22N6/c1-3-4-6-17-11(13-14-15-17)9-16-7-5-12-8-10(16)2/h10,12H,3-9H2,1-2H3. The van der Waals surface area contributed by atoms with Crippen LogP contribution in [0.4, 0.5) is 0 Å². The number of unbranched alkanes of at least 4 members (excludes halogenated alkanes) is 1. The van der Waals surface area contributed by atoms with Crippen LogP contribution in [0.3, 0.4) is 0 Å². The number of tetrazole rings is 1. The summed E-state index contributed by atoms with van der Waals surface area (Å²) in [4.78, 5) is 2.44. The molecule has 1 aliphatic heterocycles. The number of piperazine rings is 1. The first-order valence-corrected chi connectivity index (χ1v) is 6.51. The minimum absolute atomic E-state index is 0.556. The van der Waals surface area contributed by atoms with Crippen LogP contribution in [0.1, 0.15) is 32.5 Å². The van der Waals surface area contributed by atoms with Crippen molar-refractivity contribution in [3.05, 3.63) is 5.82 Å². The van der Waals surface area contributed by atoms with Gasteiger partial charge in [-0.25, -0.2) is 4.68 Å². The van der Waals surface area contributed by atoms with Gasteiger partial charge in [0.15, 0.2) is 5.82 Å². The van der Waals surface area contributed by atoms with Gasteiger partial charge >= 0.3 is 0 Å². The zero-order valence-electron chi connectivity index (χ0n) is 10.8. The highest BCUT2D eigenvalue weighted by atomic mass is 15.5. The third-order valence-corrected chi connectivity index (χ3v) is 3.31.